The molecule has 4 heterocycles. The summed E-state index contributed by atoms with van der Waals surface area (Å²) in [6, 6.07) is 2.34. The summed E-state index contributed by atoms with van der Waals surface area (Å²) in [6.07, 6.45) is 2.05. The van der Waals surface area contributed by atoms with E-state index in [-0.39, 0.29) is 34.3 Å². The number of aromatic nitrogens is 6. The molecule has 0 bridgehead atoms. The van der Waals surface area contributed by atoms with Crippen LogP contribution in [0.3, 0.4) is 0 Å². The lowest BCUT2D eigenvalue weighted by Crippen LogP contribution is -2.27. The molecule has 32 heavy (non-hydrogen) atoms. The Morgan fingerprint density at radius 3 is 2.56 bits per heavy atom. The van der Waals surface area contributed by atoms with Crippen molar-refractivity contribution in [1.29, 1.82) is 0 Å². The molecule has 0 amide bonds. The van der Waals surface area contributed by atoms with Crippen molar-refractivity contribution in [1.82, 2.24) is 29.3 Å². The molecule has 8 nitrogen and oxygen atoms in total. The zero-order valence-corrected chi connectivity index (χ0v) is 17.4. The molecular weight excluding hydrogens is 425 g/mol. The molecule has 0 saturated carbocycles. The quantitative estimate of drug-likeness (QED) is 0.520. The highest BCUT2D eigenvalue weighted by Crippen LogP contribution is 2.36. The molecule has 4 aromatic heterocycles. The van der Waals surface area contributed by atoms with Gasteiger partial charge in [0.15, 0.2) is 0 Å². The fourth-order valence-corrected chi connectivity index (χ4v) is 3.48. The maximum Gasteiger partial charge on any atom is 0.433 e. The van der Waals surface area contributed by atoms with Crippen LogP contribution in [0.4, 0.5) is 13.2 Å². The number of fused-ring (bicyclic) bond motifs is 1. The second kappa shape index (κ2) is 7.52. The van der Waals surface area contributed by atoms with Crippen molar-refractivity contribution in [3.8, 4) is 16.9 Å². The van der Waals surface area contributed by atoms with Gasteiger partial charge >= 0.3 is 6.18 Å². The van der Waals surface area contributed by atoms with Crippen molar-refractivity contribution in [3.05, 3.63) is 64.9 Å². The first-order valence-corrected chi connectivity index (χ1v) is 9.58. The van der Waals surface area contributed by atoms with E-state index in [9.17, 15) is 23.1 Å². The van der Waals surface area contributed by atoms with Gasteiger partial charge in [-0.25, -0.2) is 9.97 Å². The van der Waals surface area contributed by atoms with Crippen molar-refractivity contribution < 1.29 is 18.3 Å². The maximum atomic E-state index is 13.7. The molecule has 4 rings (SSSR count). The standard InChI is InChI=1S/C21H19F3N6O2/c1-20(2,32)7-12-6-16(21(22,23)24)28-17(13-8-27-29(3)10-13)18(12)30-11-26-15-9-25-5-4-14(15)19(30)31/h4-6,8-11,32H,7H2,1-3H3. The summed E-state index contributed by atoms with van der Waals surface area (Å²) < 4.78 is 43.6. The Bertz CT molecular complexity index is 1370. The van der Waals surface area contributed by atoms with Crippen LogP contribution in [0, 0.1) is 0 Å². The second-order valence-corrected chi connectivity index (χ2v) is 8.07. The van der Waals surface area contributed by atoms with Crippen LogP contribution in [0.2, 0.25) is 0 Å². The molecule has 0 aliphatic carbocycles. The predicted octanol–water partition coefficient (Wildman–Crippen LogP) is 2.91. The van der Waals surface area contributed by atoms with E-state index in [1.165, 1.54) is 55.7 Å². The van der Waals surface area contributed by atoms with Crippen LogP contribution in [0.15, 0.2) is 48.0 Å². The average molecular weight is 444 g/mol. The van der Waals surface area contributed by atoms with E-state index < -0.39 is 23.0 Å². The van der Waals surface area contributed by atoms with Gasteiger partial charge in [-0.05, 0) is 31.5 Å². The monoisotopic (exact) mass is 444 g/mol. The smallest absolute Gasteiger partial charge is 0.390 e. The first-order chi connectivity index (χ1) is 14.9. The van der Waals surface area contributed by atoms with E-state index in [1.807, 2.05) is 0 Å². The number of aliphatic hydroxyl groups is 1. The van der Waals surface area contributed by atoms with Crippen LogP contribution in [-0.4, -0.2) is 40.0 Å². The number of alkyl halides is 3. The van der Waals surface area contributed by atoms with Gasteiger partial charge in [-0.15, -0.1) is 0 Å². The molecule has 0 spiro atoms. The second-order valence-electron chi connectivity index (χ2n) is 8.07. The van der Waals surface area contributed by atoms with Crippen LogP contribution in [0.1, 0.15) is 25.1 Å². The Morgan fingerprint density at radius 2 is 1.94 bits per heavy atom. The summed E-state index contributed by atoms with van der Waals surface area (Å²) in [7, 11) is 1.62. The number of aryl methyl sites for hydroxylation is 1. The maximum absolute atomic E-state index is 13.7. The number of nitrogens with zero attached hydrogens (tertiary/aromatic N) is 6. The normalized spacial score (nSPS) is 12.5. The van der Waals surface area contributed by atoms with Gasteiger partial charge in [0.25, 0.3) is 5.56 Å². The zero-order valence-electron chi connectivity index (χ0n) is 17.4. The molecule has 1 N–H and O–H groups in total. The number of pyridine rings is 2. The van der Waals surface area contributed by atoms with Crippen LogP contribution < -0.4 is 5.56 Å². The molecule has 0 atom stereocenters. The highest BCUT2D eigenvalue weighted by molar-refractivity contribution is 5.78. The van der Waals surface area contributed by atoms with Crippen LogP contribution >= 0.6 is 0 Å². The van der Waals surface area contributed by atoms with Crippen molar-refractivity contribution in [2.75, 3.05) is 0 Å². The van der Waals surface area contributed by atoms with Crippen LogP contribution in [-0.2, 0) is 19.6 Å². The molecule has 0 aromatic carbocycles. The van der Waals surface area contributed by atoms with Gasteiger partial charge in [0.1, 0.15) is 12.0 Å². The molecule has 0 aliphatic heterocycles. The lowest BCUT2D eigenvalue weighted by molar-refractivity contribution is -0.141. The molecule has 0 aliphatic rings. The average Bonchev–Trinajstić information content (AvgIpc) is 3.13. The van der Waals surface area contributed by atoms with E-state index >= 15 is 0 Å². The molecule has 0 radical (unpaired) electrons. The van der Waals surface area contributed by atoms with Gasteiger partial charge in [-0.3, -0.25) is 19.0 Å². The number of rotatable bonds is 4. The predicted molar refractivity (Wildman–Crippen MR) is 110 cm³/mol. The van der Waals surface area contributed by atoms with Crippen molar-refractivity contribution in [2.45, 2.75) is 32.0 Å². The van der Waals surface area contributed by atoms with Crippen LogP contribution in [0.25, 0.3) is 27.8 Å². The molecular formula is C21H19F3N6O2. The van der Waals surface area contributed by atoms with E-state index in [0.717, 1.165) is 10.6 Å². The van der Waals surface area contributed by atoms with Crippen LogP contribution in [0.5, 0.6) is 0 Å². The molecule has 4 aromatic rings. The SMILES string of the molecule is Cn1cc(-c2nc(C(F)(F)F)cc(CC(C)(C)O)c2-n2cnc3cnccc3c2=O)cn1. The third-order valence-electron chi connectivity index (χ3n) is 4.77. The molecule has 0 unspecified atom stereocenters. The van der Waals surface area contributed by atoms with E-state index in [1.54, 1.807) is 7.05 Å². The topological polar surface area (TPSA) is 98.7 Å². The van der Waals surface area contributed by atoms with E-state index in [4.69, 9.17) is 0 Å². The fourth-order valence-electron chi connectivity index (χ4n) is 3.48. The van der Waals surface area contributed by atoms with Gasteiger partial charge in [-0.2, -0.15) is 18.3 Å². The van der Waals surface area contributed by atoms with Gasteiger partial charge < -0.3 is 5.11 Å². The Labute approximate surface area is 180 Å². The first-order valence-electron chi connectivity index (χ1n) is 9.58. The Balaban J connectivity index is 2.12. The molecule has 11 heteroatoms. The van der Waals surface area contributed by atoms with Gasteiger partial charge in [-0.1, -0.05) is 0 Å². The Kier molecular flexibility index (Phi) is 5.08. The summed E-state index contributed by atoms with van der Waals surface area (Å²) in [4.78, 5) is 25.3. The van der Waals surface area contributed by atoms with E-state index in [2.05, 4.69) is 20.1 Å². The van der Waals surface area contributed by atoms with Gasteiger partial charge in [0, 0.05) is 31.4 Å². The Hall–Kier alpha value is -3.60. The highest BCUT2D eigenvalue weighted by atomic mass is 19.4. The minimum absolute atomic E-state index is 0.0931. The third kappa shape index (κ3) is 4.11. The van der Waals surface area contributed by atoms with Gasteiger partial charge in [0.2, 0.25) is 0 Å². The lowest BCUT2D eigenvalue weighted by atomic mass is 9.95. The Morgan fingerprint density at radius 1 is 1.19 bits per heavy atom. The largest absolute Gasteiger partial charge is 0.433 e. The van der Waals surface area contributed by atoms with E-state index in [0.29, 0.717) is 5.52 Å². The zero-order chi connectivity index (χ0) is 23.3. The summed E-state index contributed by atoms with van der Waals surface area (Å²) in [5, 5.41) is 14.7. The minimum atomic E-state index is -4.73. The number of halogens is 3. The van der Waals surface area contributed by atoms with Crippen molar-refractivity contribution in [2.24, 2.45) is 7.05 Å². The number of hydrogen-bond acceptors (Lipinski definition) is 6. The lowest BCUT2D eigenvalue weighted by Gasteiger charge is -2.23. The first kappa shape index (κ1) is 21.6. The summed E-state index contributed by atoms with van der Waals surface area (Å²) in [5.41, 5.74) is -2.26. The molecule has 166 valence electrons. The van der Waals surface area contributed by atoms with Crippen molar-refractivity contribution >= 4 is 10.9 Å². The van der Waals surface area contributed by atoms with Gasteiger partial charge in [0.05, 0.1) is 40.3 Å². The summed E-state index contributed by atoms with van der Waals surface area (Å²) in [6.45, 7) is 2.95. The van der Waals surface area contributed by atoms with Crippen molar-refractivity contribution in [3.63, 3.8) is 0 Å². The fraction of sp³-hybridized carbons (Fsp3) is 0.286. The highest BCUT2D eigenvalue weighted by Gasteiger charge is 2.35. The third-order valence-corrected chi connectivity index (χ3v) is 4.77. The summed E-state index contributed by atoms with van der Waals surface area (Å²) in [5.74, 6) is 0. The minimum Gasteiger partial charge on any atom is -0.390 e. The molecule has 0 fully saturated rings. The number of hydrogen-bond donors (Lipinski definition) is 1. The summed E-state index contributed by atoms with van der Waals surface area (Å²) >= 11 is 0. The molecule has 0 saturated heterocycles.